The second-order valence-corrected chi connectivity index (χ2v) is 8.20. The Morgan fingerprint density at radius 2 is 1.50 bits per heavy atom. The van der Waals surface area contributed by atoms with Crippen LogP contribution >= 0.6 is 0 Å². The first-order valence-electron chi connectivity index (χ1n) is 11.4. The van der Waals surface area contributed by atoms with Crippen molar-refractivity contribution in [1.82, 2.24) is 24.1 Å². The van der Waals surface area contributed by atoms with E-state index in [2.05, 4.69) is 30.5 Å². The van der Waals surface area contributed by atoms with Crippen molar-refractivity contribution in [3.8, 4) is 0 Å². The quantitative estimate of drug-likeness (QED) is 0.341. The second-order valence-electron chi connectivity index (χ2n) is 8.20. The van der Waals surface area contributed by atoms with Gasteiger partial charge in [0.05, 0.1) is 17.6 Å². The van der Waals surface area contributed by atoms with Gasteiger partial charge in [0.25, 0.3) is 5.56 Å². The van der Waals surface area contributed by atoms with E-state index in [9.17, 15) is 4.79 Å². The first-order chi connectivity index (χ1) is 15.7. The molecule has 0 spiro atoms. The summed E-state index contributed by atoms with van der Waals surface area (Å²) in [6.07, 6.45) is 3.87. The van der Waals surface area contributed by atoms with Crippen LogP contribution in [-0.4, -0.2) is 24.1 Å². The molecule has 6 heteroatoms. The van der Waals surface area contributed by atoms with Crippen molar-refractivity contribution in [1.29, 1.82) is 0 Å². The molecule has 5 rings (SSSR count). The Hall–Kier alpha value is -3.54. The highest BCUT2D eigenvalue weighted by Crippen LogP contribution is 2.26. The first kappa shape index (κ1) is 20.4. The van der Waals surface area contributed by atoms with Crippen molar-refractivity contribution in [2.24, 2.45) is 0 Å². The average Bonchev–Trinajstić information content (AvgIpc) is 3.12. The summed E-state index contributed by atoms with van der Waals surface area (Å²) in [7, 11) is 0. The molecule has 162 valence electrons. The van der Waals surface area contributed by atoms with Gasteiger partial charge in [0.15, 0.2) is 11.3 Å². The van der Waals surface area contributed by atoms with E-state index in [1.54, 1.807) is 0 Å². The van der Waals surface area contributed by atoms with E-state index in [0.717, 1.165) is 41.7 Å². The normalized spacial score (nSPS) is 11.7. The highest BCUT2D eigenvalue weighted by Gasteiger charge is 2.21. The maximum Gasteiger partial charge on any atom is 0.265 e. The fourth-order valence-electron chi connectivity index (χ4n) is 4.37. The molecule has 0 fully saturated rings. The highest BCUT2D eigenvalue weighted by molar-refractivity contribution is 6.04. The summed E-state index contributed by atoms with van der Waals surface area (Å²) < 4.78 is 3.90. The van der Waals surface area contributed by atoms with Crippen molar-refractivity contribution in [2.75, 3.05) is 0 Å². The van der Waals surface area contributed by atoms with Crippen LogP contribution in [0.25, 0.3) is 33.2 Å². The van der Waals surface area contributed by atoms with E-state index in [0.29, 0.717) is 41.7 Å². The topological polar surface area (TPSA) is 65.6 Å². The molecule has 0 amide bonds. The van der Waals surface area contributed by atoms with Crippen LogP contribution in [0, 0.1) is 0 Å². The number of para-hydroxylation sites is 2. The zero-order valence-electron chi connectivity index (χ0n) is 18.6. The van der Waals surface area contributed by atoms with Crippen LogP contribution < -0.4 is 5.56 Å². The third-order valence-electron chi connectivity index (χ3n) is 6.01. The second kappa shape index (κ2) is 8.54. The number of hydrogen-bond donors (Lipinski definition) is 0. The van der Waals surface area contributed by atoms with E-state index in [1.165, 1.54) is 0 Å². The Balaban J connectivity index is 1.84. The van der Waals surface area contributed by atoms with E-state index < -0.39 is 0 Å². The van der Waals surface area contributed by atoms with E-state index >= 15 is 0 Å². The molecule has 0 aliphatic carbocycles. The van der Waals surface area contributed by atoms with Gasteiger partial charge in [-0.05, 0) is 24.1 Å². The summed E-state index contributed by atoms with van der Waals surface area (Å²) in [5.74, 6) is 0.820. The molecule has 3 aromatic heterocycles. The van der Waals surface area contributed by atoms with Gasteiger partial charge in [-0.1, -0.05) is 69.2 Å². The maximum absolute atomic E-state index is 13.8. The van der Waals surface area contributed by atoms with Gasteiger partial charge < -0.3 is 4.57 Å². The van der Waals surface area contributed by atoms with Gasteiger partial charge in [0.1, 0.15) is 16.7 Å². The SMILES string of the molecule is CCCCCn1c(CC)nc2c(c1=O)c1nc3ccccc3nc1n2Cc1ccccc1. The van der Waals surface area contributed by atoms with Crippen LogP contribution in [0.1, 0.15) is 44.5 Å². The highest BCUT2D eigenvalue weighted by atomic mass is 16.1. The van der Waals surface area contributed by atoms with E-state index in [4.69, 9.17) is 15.0 Å². The largest absolute Gasteiger partial charge is 0.304 e. The maximum atomic E-state index is 13.8. The molecule has 0 aliphatic heterocycles. The van der Waals surface area contributed by atoms with Gasteiger partial charge in [-0.15, -0.1) is 0 Å². The van der Waals surface area contributed by atoms with Crippen LogP contribution in [0.5, 0.6) is 0 Å². The molecule has 0 saturated heterocycles. The summed E-state index contributed by atoms with van der Waals surface area (Å²) in [6.45, 7) is 5.50. The first-order valence-corrected chi connectivity index (χ1v) is 11.4. The van der Waals surface area contributed by atoms with E-state index in [1.807, 2.05) is 47.0 Å². The van der Waals surface area contributed by atoms with Crippen LogP contribution in [0.3, 0.4) is 0 Å². The number of benzene rings is 2. The molecule has 2 aromatic carbocycles. The number of nitrogens with zero attached hydrogens (tertiary/aromatic N) is 5. The molecule has 0 aliphatic rings. The van der Waals surface area contributed by atoms with Crippen molar-refractivity contribution in [2.45, 2.75) is 52.6 Å². The minimum atomic E-state index is -0.00986. The van der Waals surface area contributed by atoms with Gasteiger partial charge in [-0.2, -0.15) is 0 Å². The Labute approximate surface area is 186 Å². The average molecular weight is 426 g/mol. The molecule has 0 atom stereocenters. The molecular formula is C26H27N5O. The van der Waals surface area contributed by atoms with Crippen LogP contribution in [0.2, 0.25) is 0 Å². The zero-order valence-corrected chi connectivity index (χ0v) is 18.6. The Morgan fingerprint density at radius 1 is 0.781 bits per heavy atom. The lowest BCUT2D eigenvalue weighted by molar-refractivity contribution is 0.560. The van der Waals surface area contributed by atoms with Crippen LogP contribution in [0.15, 0.2) is 59.4 Å². The molecule has 0 saturated carbocycles. The molecule has 0 unspecified atom stereocenters. The van der Waals surface area contributed by atoms with Gasteiger partial charge in [0.2, 0.25) is 0 Å². The van der Waals surface area contributed by atoms with Gasteiger partial charge in [-0.25, -0.2) is 15.0 Å². The van der Waals surface area contributed by atoms with Crippen molar-refractivity contribution < 1.29 is 0 Å². The minimum absolute atomic E-state index is 0.00986. The minimum Gasteiger partial charge on any atom is -0.304 e. The Morgan fingerprint density at radius 3 is 2.22 bits per heavy atom. The molecule has 0 radical (unpaired) electrons. The number of aromatic nitrogens is 5. The third kappa shape index (κ3) is 3.45. The predicted octanol–water partition coefficient (Wildman–Crippen LogP) is 5.10. The summed E-state index contributed by atoms with van der Waals surface area (Å²) in [5.41, 5.74) is 4.75. The van der Waals surface area contributed by atoms with Crippen molar-refractivity contribution in [3.05, 3.63) is 76.3 Å². The Kier molecular flexibility index (Phi) is 5.43. The third-order valence-corrected chi connectivity index (χ3v) is 6.01. The number of rotatable bonds is 7. The van der Waals surface area contributed by atoms with Crippen molar-refractivity contribution >= 4 is 33.2 Å². The van der Waals surface area contributed by atoms with Gasteiger partial charge in [-0.3, -0.25) is 9.36 Å². The fourth-order valence-corrected chi connectivity index (χ4v) is 4.37. The number of hydrogen-bond acceptors (Lipinski definition) is 4. The summed E-state index contributed by atoms with van der Waals surface area (Å²) in [5, 5.41) is 0.572. The fraction of sp³-hybridized carbons (Fsp3) is 0.308. The lowest BCUT2D eigenvalue weighted by Gasteiger charge is -2.12. The van der Waals surface area contributed by atoms with Crippen molar-refractivity contribution in [3.63, 3.8) is 0 Å². The summed E-state index contributed by atoms with van der Waals surface area (Å²) in [4.78, 5) is 28.6. The lowest BCUT2D eigenvalue weighted by atomic mass is 10.2. The number of unbranched alkanes of at least 4 members (excludes halogenated alkanes) is 2. The van der Waals surface area contributed by atoms with Crippen LogP contribution in [0.4, 0.5) is 0 Å². The smallest absolute Gasteiger partial charge is 0.265 e. The number of aryl methyl sites for hydroxylation is 1. The monoisotopic (exact) mass is 425 g/mol. The molecule has 5 aromatic rings. The Bertz CT molecular complexity index is 1470. The molecular weight excluding hydrogens is 398 g/mol. The van der Waals surface area contributed by atoms with Crippen LogP contribution in [-0.2, 0) is 19.5 Å². The molecule has 0 bridgehead atoms. The zero-order chi connectivity index (χ0) is 22.1. The molecule has 0 N–H and O–H groups in total. The van der Waals surface area contributed by atoms with Gasteiger partial charge >= 0.3 is 0 Å². The van der Waals surface area contributed by atoms with Gasteiger partial charge in [0, 0.05) is 13.0 Å². The molecule has 32 heavy (non-hydrogen) atoms. The summed E-state index contributed by atoms with van der Waals surface area (Å²) in [6, 6.07) is 18.0. The number of fused-ring (bicyclic) bond motifs is 4. The van der Waals surface area contributed by atoms with E-state index in [-0.39, 0.29) is 5.56 Å². The standard InChI is InChI=1S/C26H27N5O/c1-3-5-11-16-30-21(4-2)29-24-22(26(30)32)23-25(28-20-15-10-9-14-19(20)27-23)31(24)17-18-12-7-6-8-13-18/h6-10,12-15H,3-5,11,16-17H2,1-2H3. The lowest BCUT2D eigenvalue weighted by Crippen LogP contribution is -2.25. The molecule has 3 heterocycles. The predicted molar refractivity (Wildman–Crippen MR) is 129 cm³/mol. The molecule has 6 nitrogen and oxygen atoms in total. The summed E-state index contributed by atoms with van der Waals surface area (Å²) >= 11 is 0.